The molecule has 2 amide bonds. The summed E-state index contributed by atoms with van der Waals surface area (Å²) in [6, 6.07) is 13.6. The molecule has 2 N–H and O–H groups in total. The molecule has 2 rings (SSSR count). The molecule has 0 aliphatic heterocycles. The Kier molecular flexibility index (Phi) is 5.27. The van der Waals surface area contributed by atoms with E-state index in [0.717, 1.165) is 5.56 Å². The van der Waals surface area contributed by atoms with Gasteiger partial charge in [-0.3, -0.25) is 9.59 Å². The maximum Gasteiger partial charge on any atom is 0.271 e. The summed E-state index contributed by atoms with van der Waals surface area (Å²) in [4.78, 5) is 22.8. The monoisotopic (exact) mass is 315 g/mol. The lowest BCUT2D eigenvalue weighted by molar-refractivity contribution is -0.114. The molecule has 0 aliphatic carbocycles. The van der Waals surface area contributed by atoms with E-state index in [1.165, 1.54) is 13.1 Å². The second kappa shape index (κ2) is 7.38. The molecule has 2 aromatic carbocycles. The van der Waals surface area contributed by atoms with E-state index in [1.54, 1.807) is 48.5 Å². The average molecular weight is 316 g/mol. The van der Waals surface area contributed by atoms with Gasteiger partial charge in [-0.2, -0.15) is 5.10 Å². The van der Waals surface area contributed by atoms with Crippen molar-refractivity contribution in [1.82, 2.24) is 5.43 Å². The maximum atomic E-state index is 11.9. The maximum absolute atomic E-state index is 11.9. The van der Waals surface area contributed by atoms with E-state index >= 15 is 0 Å². The SMILES string of the molecule is CC(=O)Nc1ccc(C(=O)N/N=C\c2ccc(Cl)cc2)cc1. The van der Waals surface area contributed by atoms with Crippen LogP contribution in [0.25, 0.3) is 0 Å². The summed E-state index contributed by atoms with van der Waals surface area (Å²) in [5.41, 5.74) is 4.34. The first kappa shape index (κ1) is 15.7. The molecule has 0 unspecified atom stereocenters. The smallest absolute Gasteiger partial charge is 0.271 e. The van der Waals surface area contributed by atoms with Crippen molar-refractivity contribution in [3.05, 3.63) is 64.7 Å². The van der Waals surface area contributed by atoms with Gasteiger partial charge in [0.1, 0.15) is 0 Å². The highest BCUT2D eigenvalue weighted by Gasteiger charge is 2.04. The Labute approximate surface area is 133 Å². The summed E-state index contributed by atoms with van der Waals surface area (Å²) < 4.78 is 0. The number of hydrogen-bond acceptors (Lipinski definition) is 3. The third kappa shape index (κ3) is 4.71. The predicted molar refractivity (Wildman–Crippen MR) is 87.3 cm³/mol. The lowest BCUT2D eigenvalue weighted by atomic mass is 10.2. The Morgan fingerprint density at radius 1 is 1.05 bits per heavy atom. The molecular formula is C16H14ClN3O2. The van der Waals surface area contributed by atoms with Crippen LogP contribution in [0.3, 0.4) is 0 Å². The van der Waals surface area contributed by atoms with Crippen LogP contribution in [-0.4, -0.2) is 18.0 Å². The molecule has 0 saturated carbocycles. The van der Waals surface area contributed by atoms with Gasteiger partial charge in [0.05, 0.1) is 6.21 Å². The Bertz CT molecular complexity index is 694. The molecule has 0 saturated heterocycles. The second-order valence-corrected chi connectivity index (χ2v) is 4.95. The van der Waals surface area contributed by atoms with Gasteiger partial charge >= 0.3 is 0 Å². The quantitative estimate of drug-likeness (QED) is 0.672. The molecule has 0 atom stereocenters. The van der Waals surface area contributed by atoms with Crippen molar-refractivity contribution in [2.24, 2.45) is 5.10 Å². The zero-order valence-corrected chi connectivity index (χ0v) is 12.6. The van der Waals surface area contributed by atoms with Crippen LogP contribution in [0.1, 0.15) is 22.8 Å². The number of carbonyl (C=O) groups is 2. The molecular weight excluding hydrogens is 302 g/mol. The van der Waals surface area contributed by atoms with Gasteiger partial charge in [0, 0.05) is 23.2 Å². The molecule has 0 bridgehead atoms. The molecule has 22 heavy (non-hydrogen) atoms. The fraction of sp³-hybridized carbons (Fsp3) is 0.0625. The van der Waals surface area contributed by atoms with E-state index in [4.69, 9.17) is 11.6 Å². The lowest BCUT2D eigenvalue weighted by Gasteiger charge is -2.03. The van der Waals surface area contributed by atoms with Gasteiger partial charge in [0.25, 0.3) is 5.91 Å². The summed E-state index contributed by atoms with van der Waals surface area (Å²) in [6.07, 6.45) is 1.53. The molecule has 2 aromatic rings. The van der Waals surface area contributed by atoms with Crippen LogP contribution in [0.5, 0.6) is 0 Å². The van der Waals surface area contributed by atoms with Crippen LogP contribution in [0.4, 0.5) is 5.69 Å². The van der Waals surface area contributed by atoms with Crippen molar-refractivity contribution < 1.29 is 9.59 Å². The Morgan fingerprint density at radius 2 is 1.68 bits per heavy atom. The summed E-state index contributed by atoms with van der Waals surface area (Å²) >= 11 is 5.78. The summed E-state index contributed by atoms with van der Waals surface area (Å²) in [7, 11) is 0. The van der Waals surface area contributed by atoms with Gasteiger partial charge in [-0.15, -0.1) is 0 Å². The van der Waals surface area contributed by atoms with Crippen molar-refractivity contribution in [2.75, 3.05) is 5.32 Å². The van der Waals surface area contributed by atoms with Crippen LogP contribution >= 0.6 is 11.6 Å². The van der Waals surface area contributed by atoms with Crippen molar-refractivity contribution in [3.63, 3.8) is 0 Å². The van der Waals surface area contributed by atoms with Crippen molar-refractivity contribution in [1.29, 1.82) is 0 Å². The average Bonchev–Trinajstić information content (AvgIpc) is 2.49. The van der Waals surface area contributed by atoms with Crippen LogP contribution in [-0.2, 0) is 4.79 Å². The zero-order valence-electron chi connectivity index (χ0n) is 11.8. The second-order valence-electron chi connectivity index (χ2n) is 4.51. The highest BCUT2D eigenvalue weighted by molar-refractivity contribution is 6.30. The van der Waals surface area contributed by atoms with Crippen LogP contribution in [0.15, 0.2) is 53.6 Å². The zero-order chi connectivity index (χ0) is 15.9. The topological polar surface area (TPSA) is 70.6 Å². The highest BCUT2D eigenvalue weighted by atomic mass is 35.5. The first-order valence-corrected chi connectivity index (χ1v) is 6.89. The van der Waals surface area contributed by atoms with E-state index in [-0.39, 0.29) is 11.8 Å². The largest absolute Gasteiger partial charge is 0.326 e. The van der Waals surface area contributed by atoms with Crippen LogP contribution in [0.2, 0.25) is 5.02 Å². The number of nitrogens with zero attached hydrogens (tertiary/aromatic N) is 1. The van der Waals surface area contributed by atoms with Crippen LogP contribution in [0, 0.1) is 0 Å². The standard InChI is InChI=1S/C16H14ClN3O2/c1-11(21)19-15-8-4-13(5-9-15)16(22)20-18-10-12-2-6-14(17)7-3-12/h2-10H,1H3,(H,19,21)(H,20,22)/b18-10-. The molecule has 0 aliphatic rings. The normalized spacial score (nSPS) is 10.5. The van der Waals surface area contributed by atoms with Gasteiger partial charge in [-0.25, -0.2) is 5.43 Å². The van der Waals surface area contributed by atoms with Crippen LogP contribution < -0.4 is 10.7 Å². The van der Waals surface area contributed by atoms with Gasteiger partial charge in [0.15, 0.2) is 0 Å². The summed E-state index contributed by atoms with van der Waals surface area (Å²) in [6.45, 7) is 1.42. The fourth-order valence-corrected chi connectivity index (χ4v) is 1.81. The van der Waals surface area contributed by atoms with Crippen molar-refractivity contribution in [2.45, 2.75) is 6.92 Å². The van der Waals surface area contributed by atoms with Gasteiger partial charge in [-0.05, 0) is 42.0 Å². The molecule has 0 heterocycles. The minimum atomic E-state index is -0.334. The molecule has 0 aromatic heterocycles. The number of hydrogen-bond donors (Lipinski definition) is 2. The van der Waals surface area contributed by atoms with Gasteiger partial charge in [0.2, 0.25) is 5.91 Å². The number of hydrazone groups is 1. The number of carbonyl (C=O) groups excluding carboxylic acids is 2. The molecule has 0 fully saturated rings. The highest BCUT2D eigenvalue weighted by Crippen LogP contribution is 2.10. The summed E-state index contributed by atoms with van der Waals surface area (Å²) in [5.74, 6) is -0.496. The minimum Gasteiger partial charge on any atom is -0.326 e. The molecule has 0 spiro atoms. The number of nitrogens with one attached hydrogen (secondary N) is 2. The number of halogens is 1. The third-order valence-corrected chi connectivity index (χ3v) is 2.97. The van der Waals surface area contributed by atoms with Crippen molar-refractivity contribution in [3.8, 4) is 0 Å². The minimum absolute atomic E-state index is 0.162. The van der Waals surface area contributed by atoms with Crippen molar-refractivity contribution >= 4 is 35.3 Å². The number of amides is 2. The van der Waals surface area contributed by atoms with E-state index in [2.05, 4.69) is 15.8 Å². The van der Waals surface area contributed by atoms with Gasteiger partial charge < -0.3 is 5.32 Å². The number of benzene rings is 2. The van der Waals surface area contributed by atoms with E-state index in [1.807, 2.05) is 0 Å². The Balaban J connectivity index is 1.94. The predicted octanol–water partition coefficient (Wildman–Crippen LogP) is 3.06. The first-order chi connectivity index (χ1) is 10.5. The van der Waals surface area contributed by atoms with E-state index in [9.17, 15) is 9.59 Å². The van der Waals surface area contributed by atoms with E-state index in [0.29, 0.717) is 16.3 Å². The Morgan fingerprint density at radius 3 is 2.27 bits per heavy atom. The lowest BCUT2D eigenvalue weighted by Crippen LogP contribution is -2.17. The third-order valence-electron chi connectivity index (χ3n) is 2.72. The first-order valence-electron chi connectivity index (χ1n) is 6.51. The number of rotatable bonds is 4. The molecule has 6 heteroatoms. The van der Waals surface area contributed by atoms with E-state index < -0.39 is 0 Å². The summed E-state index contributed by atoms with van der Waals surface area (Å²) in [5, 5.41) is 7.15. The molecule has 112 valence electrons. The molecule has 5 nitrogen and oxygen atoms in total. The number of anilines is 1. The molecule has 0 radical (unpaired) electrons. The fourth-order valence-electron chi connectivity index (χ4n) is 1.69. The van der Waals surface area contributed by atoms with Gasteiger partial charge in [-0.1, -0.05) is 23.7 Å². The Hall–Kier alpha value is -2.66.